The SMILES string of the molecule is O=C(N/C=C/c1cccc(Cl)c1)NCc1ccc(CO)cc1. The third-order valence-electron chi connectivity index (χ3n) is 3.00. The van der Waals surface area contributed by atoms with Crippen LogP contribution in [-0.2, 0) is 13.2 Å². The fourth-order valence-electron chi connectivity index (χ4n) is 1.82. The molecular formula is C17H17ClN2O2. The van der Waals surface area contributed by atoms with Crippen LogP contribution < -0.4 is 10.6 Å². The predicted molar refractivity (Wildman–Crippen MR) is 88.2 cm³/mol. The van der Waals surface area contributed by atoms with Gasteiger partial charge in [0.05, 0.1) is 6.61 Å². The lowest BCUT2D eigenvalue weighted by Crippen LogP contribution is -2.31. The Balaban J connectivity index is 1.77. The van der Waals surface area contributed by atoms with Crippen LogP contribution in [0.25, 0.3) is 6.08 Å². The molecule has 0 aromatic heterocycles. The highest BCUT2D eigenvalue weighted by Gasteiger charge is 1.98. The Kier molecular flexibility index (Phi) is 6.01. The molecule has 0 spiro atoms. The molecule has 2 aromatic carbocycles. The van der Waals surface area contributed by atoms with Gasteiger partial charge >= 0.3 is 6.03 Å². The summed E-state index contributed by atoms with van der Waals surface area (Å²) in [5, 5.41) is 15.0. The molecule has 3 N–H and O–H groups in total. The molecule has 2 amide bonds. The van der Waals surface area contributed by atoms with Crippen molar-refractivity contribution in [2.75, 3.05) is 0 Å². The van der Waals surface area contributed by atoms with E-state index in [9.17, 15) is 4.79 Å². The van der Waals surface area contributed by atoms with Crippen LogP contribution in [0.5, 0.6) is 0 Å². The van der Waals surface area contributed by atoms with Gasteiger partial charge in [-0.15, -0.1) is 0 Å². The summed E-state index contributed by atoms with van der Waals surface area (Å²) in [5.74, 6) is 0. The van der Waals surface area contributed by atoms with E-state index in [4.69, 9.17) is 16.7 Å². The highest BCUT2D eigenvalue weighted by atomic mass is 35.5. The van der Waals surface area contributed by atoms with Gasteiger partial charge in [-0.1, -0.05) is 48.0 Å². The molecule has 0 radical (unpaired) electrons. The minimum absolute atomic E-state index is 0.0164. The lowest BCUT2D eigenvalue weighted by molar-refractivity contribution is 0.244. The Morgan fingerprint density at radius 2 is 1.86 bits per heavy atom. The second-order valence-electron chi connectivity index (χ2n) is 4.69. The van der Waals surface area contributed by atoms with E-state index < -0.39 is 0 Å². The molecule has 2 aromatic rings. The zero-order valence-electron chi connectivity index (χ0n) is 11.9. The maximum Gasteiger partial charge on any atom is 0.319 e. The lowest BCUT2D eigenvalue weighted by Gasteiger charge is -2.05. The second kappa shape index (κ2) is 8.22. The molecule has 0 aliphatic heterocycles. The van der Waals surface area contributed by atoms with Crippen molar-refractivity contribution in [3.05, 3.63) is 76.4 Å². The van der Waals surface area contributed by atoms with Gasteiger partial charge in [-0.05, 0) is 34.9 Å². The van der Waals surface area contributed by atoms with Gasteiger partial charge in [-0.2, -0.15) is 0 Å². The lowest BCUT2D eigenvalue weighted by atomic mass is 10.1. The van der Waals surface area contributed by atoms with Crippen molar-refractivity contribution < 1.29 is 9.90 Å². The van der Waals surface area contributed by atoms with Gasteiger partial charge in [0.2, 0.25) is 0 Å². The van der Waals surface area contributed by atoms with Crippen molar-refractivity contribution >= 4 is 23.7 Å². The molecule has 0 atom stereocenters. The average Bonchev–Trinajstić information content (AvgIpc) is 2.53. The fraction of sp³-hybridized carbons (Fsp3) is 0.118. The molecule has 22 heavy (non-hydrogen) atoms. The highest BCUT2D eigenvalue weighted by molar-refractivity contribution is 6.30. The predicted octanol–water partition coefficient (Wildman–Crippen LogP) is 3.30. The minimum atomic E-state index is -0.287. The second-order valence-corrected chi connectivity index (χ2v) is 5.13. The van der Waals surface area contributed by atoms with Crippen LogP contribution in [0.1, 0.15) is 16.7 Å². The van der Waals surface area contributed by atoms with Crippen molar-refractivity contribution in [3.63, 3.8) is 0 Å². The first kappa shape index (κ1) is 16.1. The van der Waals surface area contributed by atoms with Crippen LogP contribution >= 0.6 is 11.6 Å². The number of amides is 2. The number of urea groups is 1. The number of carbonyl (C=O) groups excluding carboxylic acids is 1. The number of benzene rings is 2. The number of rotatable bonds is 5. The molecule has 0 bridgehead atoms. The van der Waals surface area contributed by atoms with E-state index in [-0.39, 0.29) is 12.6 Å². The average molecular weight is 317 g/mol. The summed E-state index contributed by atoms with van der Waals surface area (Å²) in [6.07, 6.45) is 3.33. The number of aliphatic hydroxyl groups is 1. The molecule has 0 heterocycles. The van der Waals surface area contributed by atoms with E-state index in [0.29, 0.717) is 11.6 Å². The van der Waals surface area contributed by atoms with Crippen molar-refractivity contribution in [3.8, 4) is 0 Å². The maximum absolute atomic E-state index is 11.7. The first-order chi connectivity index (χ1) is 10.7. The number of hydrogen-bond acceptors (Lipinski definition) is 2. The van der Waals surface area contributed by atoms with Gasteiger partial charge in [0.15, 0.2) is 0 Å². The van der Waals surface area contributed by atoms with E-state index in [1.807, 2.05) is 36.4 Å². The first-order valence-corrected chi connectivity index (χ1v) is 7.20. The van der Waals surface area contributed by atoms with Crippen molar-refractivity contribution in [2.24, 2.45) is 0 Å². The van der Waals surface area contributed by atoms with E-state index in [2.05, 4.69) is 10.6 Å². The van der Waals surface area contributed by atoms with Crippen LogP contribution in [0, 0.1) is 0 Å². The smallest absolute Gasteiger partial charge is 0.319 e. The molecule has 0 saturated carbocycles. The van der Waals surface area contributed by atoms with E-state index >= 15 is 0 Å². The Hall–Kier alpha value is -2.30. The van der Waals surface area contributed by atoms with Crippen LogP contribution in [0.2, 0.25) is 5.02 Å². The van der Waals surface area contributed by atoms with E-state index in [1.54, 1.807) is 24.4 Å². The zero-order valence-corrected chi connectivity index (χ0v) is 12.7. The van der Waals surface area contributed by atoms with Gasteiger partial charge in [-0.25, -0.2) is 4.79 Å². The summed E-state index contributed by atoms with van der Waals surface area (Å²) in [6, 6.07) is 14.4. The topological polar surface area (TPSA) is 61.4 Å². The first-order valence-electron chi connectivity index (χ1n) is 6.82. The van der Waals surface area contributed by atoms with Gasteiger partial charge < -0.3 is 15.7 Å². The molecular weight excluding hydrogens is 300 g/mol. The Morgan fingerprint density at radius 1 is 1.14 bits per heavy atom. The summed E-state index contributed by atoms with van der Waals surface area (Å²) >= 11 is 5.88. The summed E-state index contributed by atoms with van der Waals surface area (Å²) < 4.78 is 0. The molecule has 0 unspecified atom stereocenters. The Labute approximate surface area is 134 Å². The Morgan fingerprint density at radius 3 is 2.55 bits per heavy atom. The monoisotopic (exact) mass is 316 g/mol. The zero-order chi connectivity index (χ0) is 15.8. The number of nitrogens with one attached hydrogen (secondary N) is 2. The summed E-state index contributed by atoms with van der Waals surface area (Å²) in [6.45, 7) is 0.436. The van der Waals surface area contributed by atoms with E-state index in [1.165, 1.54) is 0 Å². The van der Waals surface area contributed by atoms with Crippen molar-refractivity contribution in [1.29, 1.82) is 0 Å². The van der Waals surface area contributed by atoms with E-state index in [0.717, 1.165) is 16.7 Å². The normalized spacial score (nSPS) is 10.6. The standard InChI is InChI=1S/C17H17ClN2O2/c18-16-3-1-2-13(10-16)8-9-19-17(22)20-11-14-4-6-15(12-21)7-5-14/h1-10,21H,11-12H2,(H2,19,20,22)/b9-8+. The third kappa shape index (κ3) is 5.24. The maximum atomic E-state index is 11.7. The minimum Gasteiger partial charge on any atom is -0.392 e. The summed E-state index contributed by atoms with van der Waals surface area (Å²) in [4.78, 5) is 11.7. The molecule has 0 aliphatic rings. The van der Waals surface area contributed by atoms with Crippen LogP contribution in [0.3, 0.4) is 0 Å². The van der Waals surface area contributed by atoms with Crippen LogP contribution in [-0.4, -0.2) is 11.1 Å². The number of hydrogen-bond donors (Lipinski definition) is 3. The quantitative estimate of drug-likeness (QED) is 0.792. The number of aliphatic hydroxyl groups excluding tert-OH is 1. The molecule has 5 heteroatoms. The highest BCUT2D eigenvalue weighted by Crippen LogP contribution is 2.11. The van der Waals surface area contributed by atoms with Gasteiger partial charge in [-0.3, -0.25) is 0 Å². The Bertz CT molecular complexity index is 654. The largest absolute Gasteiger partial charge is 0.392 e. The van der Waals surface area contributed by atoms with Crippen LogP contribution in [0.15, 0.2) is 54.7 Å². The van der Waals surface area contributed by atoms with Crippen molar-refractivity contribution in [1.82, 2.24) is 10.6 Å². The molecule has 2 rings (SSSR count). The van der Waals surface area contributed by atoms with Gasteiger partial charge in [0.25, 0.3) is 0 Å². The van der Waals surface area contributed by atoms with Gasteiger partial charge in [0, 0.05) is 17.8 Å². The third-order valence-corrected chi connectivity index (χ3v) is 3.23. The molecule has 0 aliphatic carbocycles. The van der Waals surface area contributed by atoms with Gasteiger partial charge in [0.1, 0.15) is 0 Å². The van der Waals surface area contributed by atoms with Crippen LogP contribution in [0.4, 0.5) is 4.79 Å². The molecule has 0 saturated heterocycles. The summed E-state index contributed by atoms with van der Waals surface area (Å²) in [7, 11) is 0. The number of carbonyl (C=O) groups is 1. The number of halogens is 1. The van der Waals surface area contributed by atoms with Crippen molar-refractivity contribution in [2.45, 2.75) is 13.2 Å². The fourth-order valence-corrected chi connectivity index (χ4v) is 2.02. The molecule has 114 valence electrons. The summed E-state index contributed by atoms with van der Waals surface area (Å²) in [5.41, 5.74) is 2.72. The molecule has 4 nitrogen and oxygen atoms in total. The molecule has 0 fully saturated rings.